The first-order chi connectivity index (χ1) is 10.0. The molecule has 1 saturated carbocycles. The van der Waals surface area contributed by atoms with E-state index in [1.807, 2.05) is 0 Å². The Balaban J connectivity index is 1.66. The van der Waals surface area contributed by atoms with Crippen molar-refractivity contribution in [3.05, 3.63) is 0 Å². The minimum Gasteiger partial charge on any atom is -0.378 e. The van der Waals surface area contributed by atoms with Gasteiger partial charge < -0.3 is 10.1 Å². The fourth-order valence-electron chi connectivity index (χ4n) is 2.72. The number of nitrogens with zero attached hydrogens (tertiary/aromatic N) is 1. The lowest BCUT2D eigenvalue weighted by Crippen LogP contribution is -2.42. The van der Waals surface area contributed by atoms with Crippen LogP contribution in [0.3, 0.4) is 0 Å². The highest BCUT2D eigenvalue weighted by Crippen LogP contribution is 2.22. The van der Waals surface area contributed by atoms with Crippen LogP contribution in [0, 0.1) is 5.92 Å². The summed E-state index contributed by atoms with van der Waals surface area (Å²) in [5.74, 6) is 0.301. The van der Waals surface area contributed by atoms with E-state index in [-0.39, 0.29) is 6.10 Å². The van der Waals surface area contributed by atoms with Crippen molar-refractivity contribution in [3.63, 3.8) is 0 Å². The van der Waals surface area contributed by atoms with Crippen LogP contribution in [0.25, 0.3) is 0 Å². The third kappa shape index (κ3) is 5.49. The molecule has 124 valence electrons. The maximum Gasteiger partial charge on any atom is 0.279 e. The van der Waals surface area contributed by atoms with Crippen molar-refractivity contribution < 1.29 is 13.2 Å². The normalized spacial score (nSPS) is 26.6. The maximum atomic E-state index is 12.2. The zero-order chi connectivity index (χ0) is 15.3. The number of nitrogens with one attached hydrogen (secondary N) is 2. The highest BCUT2D eigenvalue weighted by Gasteiger charge is 2.28. The van der Waals surface area contributed by atoms with Gasteiger partial charge in [-0.1, -0.05) is 6.92 Å². The smallest absolute Gasteiger partial charge is 0.279 e. The molecule has 0 amide bonds. The minimum absolute atomic E-state index is 0.195. The molecule has 2 unspecified atom stereocenters. The first-order valence-electron chi connectivity index (χ1n) is 8.09. The maximum absolute atomic E-state index is 12.2. The van der Waals surface area contributed by atoms with Gasteiger partial charge in [-0.05, 0) is 38.6 Å². The molecule has 1 heterocycles. The molecule has 1 aliphatic heterocycles. The van der Waals surface area contributed by atoms with Gasteiger partial charge in [-0.25, -0.2) is 4.72 Å². The molecule has 1 saturated heterocycles. The molecule has 0 radical (unpaired) electrons. The van der Waals surface area contributed by atoms with Crippen LogP contribution >= 0.6 is 0 Å². The Hall–Kier alpha value is -0.210. The lowest BCUT2D eigenvalue weighted by Gasteiger charge is -2.21. The van der Waals surface area contributed by atoms with E-state index in [4.69, 9.17) is 4.74 Å². The quantitative estimate of drug-likeness (QED) is 0.582. The molecule has 7 heteroatoms. The van der Waals surface area contributed by atoms with Crippen LogP contribution in [-0.4, -0.2) is 58.2 Å². The highest BCUT2D eigenvalue weighted by atomic mass is 32.2. The summed E-state index contributed by atoms with van der Waals surface area (Å²) in [6.07, 6.45) is 5.44. The number of ether oxygens (including phenoxy) is 1. The molecule has 21 heavy (non-hydrogen) atoms. The second kappa shape index (κ2) is 7.87. The summed E-state index contributed by atoms with van der Waals surface area (Å²) in [5.41, 5.74) is 0. The lowest BCUT2D eigenvalue weighted by atomic mass is 10.0. The molecule has 0 bridgehead atoms. The van der Waals surface area contributed by atoms with Crippen molar-refractivity contribution in [2.75, 3.05) is 33.3 Å². The Labute approximate surface area is 128 Å². The van der Waals surface area contributed by atoms with Crippen LogP contribution in [0.1, 0.15) is 39.0 Å². The fraction of sp³-hybridized carbons (Fsp3) is 1.00. The molecule has 2 aliphatic rings. The van der Waals surface area contributed by atoms with Crippen LogP contribution < -0.4 is 10.0 Å². The van der Waals surface area contributed by atoms with Crippen molar-refractivity contribution in [2.24, 2.45) is 5.92 Å². The van der Waals surface area contributed by atoms with E-state index < -0.39 is 10.2 Å². The molecule has 1 aliphatic carbocycles. The highest BCUT2D eigenvalue weighted by molar-refractivity contribution is 7.87. The number of hydrogen-bond donors (Lipinski definition) is 2. The molecule has 2 fully saturated rings. The summed E-state index contributed by atoms with van der Waals surface area (Å²) in [6, 6.07) is 0.679. The second-order valence-electron chi connectivity index (χ2n) is 6.12. The van der Waals surface area contributed by atoms with Gasteiger partial charge >= 0.3 is 0 Å². The second-order valence-corrected chi connectivity index (χ2v) is 7.99. The van der Waals surface area contributed by atoms with Crippen LogP contribution in [0.4, 0.5) is 0 Å². The van der Waals surface area contributed by atoms with Gasteiger partial charge in [-0.15, -0.1) is 0 Å². The van der Waals surface area contributed by atoms with Crippen molar-refractivity contribution >= 4 is 10.2 Å². The summed E-state index contributed by atoms with van der Waals surface area (Å²) in [7, 11) is -1.72. The van der Waals surface area contributed by atoms with Gasteiger partial charge in [0.2, 0.25) is 0 Å². The Morgan fingerprint density at radius 1 is 1.29 bits per heavy atom. The van der Waals surface area contributed by atoms with Gasteiger partial charge in [0, 0.05) is 38.7 Å². The Morgan fingerprint density at radius 2 is 2.05 bits per heavy atom. The van der Waals surface area contributed by atoms with Crippen LogP contribution in [0.2, 0.25) is 0 Å². The molecule has 2 atom stereocenters. The average molecular weight is 319 g/mol. The van der Waals surface area contributed by atoms with E-state index in [1.54, 1.807) is 7.05 Å². The molecule has 0 spiro atoms. The van der Waals surface area contributed by atoms with Gasteiger partial charge in [0.25, 0.3) is 10.2 Å². The van der Waals surface area contributed by atoms with E-state index in [0.717, 1.165) is 32.4 Å². The minimum atomic E-state index is -3.36. The summed E-state index contributed by atoms with van der Waals surface area (Å²) in [6.45, 7) is 4.74. The van der Waals surface area contributed by atoms with Crippen LogP contribution in [0.15, 0.2) is 0 Å². The van der Waals surface area contributed by atoms with Gasteiger partial charge in [-0.2, -0.15) is 12.7 Å². The summed E-state index contributed by atoms with van der Waals surface area (Å²) in [5, 5.41) is 3.40. The molecule has 6 nitrogen and oxygen atoms in total. The van der Waals surface area contributed by atoms with Crippen molar-refractivity contribution in [3.8, 4) is 0 Å². The summed E-state index contributed by atoms with van der Waals surface area (Å²) in [4.78, 5) is 0. The zero-order valence-electron chi connectivity index (χ0n) is 13.2. The number of hydrogen-bond acceptors (Lipinski definition) is 4. The summed E-state index contributed by atoms with van der Waals surface area (Å²) < 4.78 is 34.1. The lowest BCUT2D eigenvalue weighted by molar-refractivity contribution is 0.0884. The first-order valence-corrected chi connectivity index (χ1v) is 9.53. The summed E-state index contributed by atoms with van der Waals surface area (Å²) >= 11 is 0. The largest absolute Gasteiger partial charge is 0.378 e. The van der Waals surface area contributed by atoms with Crippen molar-refractivity contribution in [1.29, 1.82) is 0 Å². The predicted octanol–water partition coefficient (Wildman–Crippen LogP) is 0.710. The SMILES string of the molecule is CCC1OCCC1CNS(=O)(=O)N(C)CCCNC1CC1. The van der Waals surface area contributed by atoms with E-state index in [1.165, 1.54) is 17.1 Å². The van der Waals surface area contributed by atoms with E-state index in [9.17, 15) is 8.42 Å². The molecular formula is C14H29N3O3S. The molecule has 0 aromatic heterocycles. The Bertz CT molecular complexity index is 412. The molecule has 2 rings (SSSR count). The fourth-order valence-corrected chi connectivity index (χ4v) is 3.73. The topological polar surface area (TPSA) is 70.7 Å². The van der Waals surface area contributed by atoms with Gasteiger partial charge in [0.15, 0.2) is 0 Å². The Morgan fingerprint density at radius 3 is 2.71 bits per heavy atom. The molecule has 0 aromatic rings. The molecule has 0 aromatic carbocycles. The van der Waals surface area contributed by atoms with E-state index >= 15 is 0 Å². The third-order valence-electron chi connectivity index (χ3n) is 4.35. The molecule has 2 N–H and O–H groups in total. The van der Waals surface area contributed by atoms with Crippen molar-refractivity contribution in [2.45, 2.75) is 51.2 Å². The van der Waals surface area contributed by atoms with E-state index in [2.05, 4.69) is 17.0 Å². The third-order valence-corrected chi connectivity index (χ3v) is 5.88. The average Bonchev–Trinajstić information content (AvgIpc) is 3.17. The van der Waals surface area contributed by atoms with Gasteiger partial charge in [-0.3, -0.25) is 0 Å². The van der Waals surface area contributed by atoms with Crippen LogP contribution in [-0.2, 0) is 14.9 Å². The molecular weight excluding hydrogens is 290 g/mol. The standard InChI is InChI=1S/C14H29N3O3S/c1-3-14-12(7-10-20-14)11-16-21(18,19)17(2)9-4-8-15-13-5-6-13/h12-16H,3-11H2,1-2H3. The van der Waals surface area contributed by atoms with Crippen molar-refractivity contribution in [1.82, 2.24) is 14.3 Å². The van der Waals surface area contributed by atoms with Crippen LogP contribution in [0.5, 0.6) is 0 Å². The first kappa shape index (κ1) is 17.1. The van der Waals surface area contributed by atoms with Gasteiger partial charge in [0.1, 0.15) is 0 Å². The predicted molar refractivity (Wildman–Crippen MR) is 83.3 cm³/mol. The zero-order valence-corrected chi connectivity index (χ0v) is 14.0. The Kier molecular flexibility index (Phi) is 6.43. The van der Waals surface area contributed by atoms with Gasteiger partial charge in [0.05, 0.1) is 6.10 Å². The monoisotopic (exact) mass is 319 g/mol. The van der Waals surface area contributed by atoms with E-state index in [0.29, 0.717) is 25.0 Å². The number of rotatable bonds is 10.